The summed E-state index contributed by atoms with van der Waals surface area (Å²) in [4.78, 5) is 4.47. The van der Waals surface area contributed by atoms with Crippen LogP contribution in [0.2, 0.25) is 0 Å². The van der Waals surface area contributed by atoms with Crippen molar-refractivity contribution in [3.8, 4) is 0 Å². The molecule has 0 spiro atoms. The Morgan fingerprint density at radius 3 is 2.75 bits per heavy atom. The van der Waals surface area contributed by atoms with Crippen LogP contribution in [0, 0.1) is 0 Å². The summed E-state index contributed by atoms with van der Waals surface area (Å²) in [5.41, 5.74) is 2.60. The fourth-order valence-electron chi connectivity index (χ4n) is 1.81. The molecule has 0 fully saturated rings. The van der Waals surface area contributed by atoms with Gasteiger partial charge in [0, 0.05) is 0 Å². The molecule has 1 heteroatoms. The highest BCUT2D eigenvalue weighted by Gasteiger charge is 2.07. The first-order valence-electron chi connectivity index (χ1n) is 5.85. The van der Waals surface area contributed by atoms with Crippen molar-refractivity contribution in [2.75, 3.05) is 0 Å². The Labute approximate surface area is 97.2 Å². The third kappa shape index (κ3) is 2.69. The molecule has 0 N–H and O–H groups in total. The van der Waals surface area contributed by atoms with E-state index in [1.807, 2.05) is 12.3 Å². The molecule has 1 unspecified atom stereocenters. The molecule has 0 radical (unpaired) electrons. The minimum absolute atomic E-state index is 0.340. The molecule has 0 saturated heterocycles. The molecule has 1 atom stereocenters. The molecule has 0 saturated carbocycles. The van der Waals surface area contributed by atoms with Gasteiger partial charge in [-0.2, -0.15) is 0 Å². The molecule has 0 heterocycles. The average molecular weight is 211 g/mol. The lowest BCUT2D eigenvalue weighted by Gasteiger charge is -2.12. The number of aliphatic imine (C=N–C) groups is 1. The van der Waals surface area contributed by atoms with Gasteiger partial charge in [-0.25, -0.2) is 0 Å². The van der Waals surface area contributed by atoms with E-state index in [2.05, 4.69) is 54.4 Å². The second-order valence-corrected chi connectivity index (χ2v) is 3.93. The number of hydrogen-bond acceptors (Lipinski definition) is 1. The molecule has 16 heavy (non-hydrogen) atoms. The van der Waals surface area contributed by atoms with Crippen molar-refractivity contribution >= 4 is 11.8 Å². The quantitative estimate of drug-likeness (QED) is 0.673. The van der Waals surface area contributed by atoms with Crippen molar-refractivity contribution in [2.24, 2.45) is 4.99 Å². The van der Waals surface area contributed by atoms with Gasteiger partial charge >= 0.3 is 0 Å². The van der Waals surface area contributed by atoms with Crippen LogP contribution in [0.25, 0.3) is 5.57 Å². The van der Waals surface area contributed by atoms with Gasteiger partial charge in [-0.15, -0.1) is 0 Å². The minimum atomic E-state index is 0.340. The number of rotatable bonds is 3. The first-order chi connectivity index (χ1) is 7.90. The molecule has 0 amide bonds. The highest BCUT2D eigenvalue weighted by Crippen LogP contribution is 2.22. The van der Waals surface area contributed by atoms with Crippen LogP contribution >= 0.6 is 0 Å². The van der Waals surface area contributed by atoms with E-state index in [1.54, 1.807) is 0 Å². The molecule has 1 nitrogen and oxygen atoms in total. The Balaban J connectivity index is 2.05. The van der Waals surface area contributed by atoms with Crippen molar-refractivity contribution in [2.45, 2.75) is 25.8 Å². The first-order valence-corrected chi connectivity index (χ1v) is 5.85. The Kier molecular flexibility index (Phi) is 3.71. The SMILES string of the molecule is CCC=NC1C=CC(c2ccccc2)=CC1. The van der Waals surface area contributed by atoms with Crippen LogP contribution in [0.1, 0.15) is 25.3 Å². The lowest BCUT2D eigenvalue weighted by molar-refractivity contribution is 0.830. The second kappa shape index (κ2) is 5.45. The summed E-state index contributed by atoms with van der Waals surface area (Å²) in [5, 5.41) is 0. The number of allylic oxidation sites excluding steroid dienone is 2. The normalized spacial score (nSPS) is 20.1. The van der Waals surface area contributed by atoms with Crippen molar-refractivity contribution in [3.05, 3.63) is 54.1 Å². The van der Waals surface area contributed by atoms with Crippen LogP contribution in [0.4, 0.5) is 0 Å². The van der Waals surface area contributed by atoms with Crippen LogP contribution in [0.15, 0.2) is 53.6 Å². The Morgan fingerprint density at radius 2 is 2.12 bits per heavy atom. The van der Waals surface area contributed by atoms with E-state index in [1.165, 1.54) is 11.1 Å². The van der Waals surface area contributed by atoms with Crippen LogP contribution in [-0.4, -0.2) is 12.3 Å². The fraction of sp³-hybridized carbons (Fsp3) is 0.267. The fourth-order valence-corrected chi connectivity index (χ4v) is 1.81. The summed E-state index contributed by atoms with van der Waals surface area (Å²) in [7, 11) is 0. The van der Waals surface area contributed by atoms with E-state index in [-0.39, 0.29) is 0 Å². The molecule has 82 valence electrons. The maximum absolute atomic E-state index is 4.47. The van der Waals surface area contributed by atoms with Gasteiger partial charge in [0.05, 0.1) is 6.04 Å². The summed E-state index contributed by atoms with van der Waals surface area (Å²) in [5.74, 6) is 0. The Bertz CT molecular complexity index is 412. The van der Waals surface area contributed by atoms with Gasteiger partial charge in [0.25, 0.3) is 0 Å². The van der Waals surface area contributed by atoms with E-state index in [9.17, 15) is 0 Å². The third-order valence-electron chi connectivity index (χ3n) is 2.66. The zero-order valence-corrected chi connectivity index (χ0v) is 9.63. The third-order valence-corrected chi connectivity index (χ3v) is 2.66. The predicted octanol–water partition coefficient (Wildman–Crippen LogP) is 3.88. The Hall–Kier alpha value is -1.63. The largest absolute Gasteiger partial charge is 0.290 e. The zero-order chi connectivity index (χ0) is 11.2. The van der Waals surface area contributed by atoms with Crippen LogP contribution in [0.5, 0.6) is 0 Å². The van der Waals surface area contributed by atoms with Gasteiger partial charge in [0.2, 0.25) is 0 Å². The standard InChI is InChI=1S/C15H17N/c1-2-12-16-15-10-8-14(9-11-15)13-6-4-3-5-7-13/h3-10,12,15H,2,11H2,1H3. The highest BCUT2D eigenvalue weighted by atomic mass is 14.8. The molecule has 0 bridgehead atoms. The number of hydrogen-bond donors (Lipinski definition) is 0. The van der Waals surface area contributed by atoms with E-state index < -0.39 is 0 Å². The molecule has 0 aliphatic heterocycles. The lowest BCUT2D eigenvalue weighted by atomic mass is 9.97. The van der Waals surface area contributed by atoms with Gasteiger partial charge in [0.1, 0.15) is 0 Å². The molecular formula is C15H17N. The predicted molar refractivity (Wildman–Crippen MR) is 70.7 cm³/mol. The minimum Gasteiger partial charge on any atom is -0.290 e. The molecule has 1 aliphatic carbocycles. The van der Waals surface area contributed by atoms with Crippen molar-refractivity contribution < 1.29 is 0 Å². The Morgan fingerprint density at radius 1 is 1.31 bits per heavy atom. The smallest absolute Gasteiger partial charge is 0.0713 e. The maximum atomic E-state index is 4.47. The van der Waals surface area contributed by atoms with E-state index in [0.29, 0.717) is 6.04 Å². The van der Waals surface area contributed by atoms with Gasteiger partial charge < -0.3 is 0 Å². The molecule has 0 aromatic heterocycles. The number of benzene rings is 1. The van der Waals surface area contributed by atoms with Crippen LogP contribution in [0.3, 0.4) is 0 Å². The van der Waals surface area contributed by atoms with Crippen LogP contribution < -0.4 is 0 Å². The number of nitrogens with zero attached hydrogens (tertiary/aromatic N) is 1. The summed E-state index contributed by atoms with van der Waals surface area (Å²) in [6.45, 7) is 2.11. The monoisotopic (exact) mass is 211 g/mol. The zero-order valence-electron chi connectivity index (χ0n) is 9.63. The van der Waals surface area contributed by atoms with Crippen molar-refractivity contribution in [3.63, 3.8) is 0 Å². The summed E-state index contributed by atoms with van der Waals surface area (Å²) >= 11 is 0. The lowest BCUT2D eigenvalue weighted by Crippen LogP contribution is -2.03. The molecule has 1 aliphatic rings. The van der Waals surface area contributed by atoms with Gasteiger partial charge in [-0.1, -0.05) is 55.5 Å². The summed E-state index contributed by atoms with van der Waals surface area (Å²) < 4.78 is 0. The van der Waals surface area contributed by atoms with E-state index in [0.717, 1.165) is 12.8 Å². The first kappa shape index (κ1) is 10.9. The van der Waals surface area contributed by atoms with E-state index >= 15 is 0 Å². The highest BCUT2D eigenvalue weighted by molar-refractivity contribution is 5.75. The van der Waals surface area contributed by atoms with Crippen molar-refractivity contribution in [1.82, 2.24) is 0 Å². The summed E-state index contributed by atoms with van der Waals surface area (Å²) in [6.07, 6.45) is 10.7. The van der Waals surface area contributed by atoms with Crippen LogP contribution in [-0.2, 0) is 0 Å². The molecule has 1 aromatic rings. The average Bonchev–Trinajstić information content (AvgIpc) is 2.38. The topological polar surface area (TPSA) is 12.4 Å². The second-order valence-electron chi connectivity index (χ2n) is 3.93. The summed E-state index contributed by atoms with van der Waals surface area (Å²) in [6, 6.07) is 10.8. The van der Waals surface area contributed by atoms with Gasteiger partial charge in [0.15, 0.2) is 0 Å². The molecule has 2 rings (SSSR count). The van der Waals surface area contributed by atoms with Gasteiger partial charge in [-0.3, -0.25) is 4.99 Å². The van der Waals surface area contributed by atoms with Crippen molar-refractivity contribution in [1.29, 1.82) is 0 Å². The maximum Gasteiger partial charge on any atom is 0.0713 e. The van der Waals surface area contributed by atoms with E-state index in [4.69, 9.17) is 0 Å². The van der Waals surface area contributed by atoms with Gasteiger partial charge in [-0.05, 0) is 30.2 Å². The molecular weight excluding hydrogens is 194 g/mol. The molecule has 1 aromatic carbocycles.